The highest BCUT2D eigenvalue weighted by Crippen LogP contribution is 2.35. The first-order valence-corrected chi connectivity index (χ1v) is 13.1. The molecule has 2 aromatic heterocycles. The van der Waals surface area contributed by atoms with Gasteiger partial charge in [0.15, 0.2) is 5.13 Å². The van der Waals surface area contributed by atoms with E-state index in [0.717, 1.165) is 16.9 Å². The summed E-state index contributed by atoms with van der Waals surface area (Å²) in [5.74, 6) is 0.544. The lowest BCUT2D eigenvalue weighted by molar-refractivity contribution is 0.153. The highest BCUT2D eigenvalue weighted by Gasteiger charge is 2.38. The van der Waals surface area contributed by atoms with Gasteiger partial charge in [-0.15, -0.1) is 0 Å². The van der Waals surface area contributed by atoms with Gasteiger partial charge in [-0.25, -0.2) is 14.8 Å². The number of benzene rings is 2. The number of fused-ring (bicyclic) bond motifs is 2. The molecule has 0 spiro atoms. The van der Waals surface area contributed by atoms with E-state index in [1.54, 1.807) is 40.7 Å². The second kappa shape index (κ2) is 9.54. The van der Waals surface area contributed by atoms with E-state index in [-0.39, 0.29) is 23.7 Å². The standard InChI is InChI=1S/C27H23FN6O3S/c1-15-31-23-9-20(25-30-12-24(28)38-25)22(32-18-6-7-33-19(8-18)14-37-27(33)36)10-21(23)26(35)34(15)13-17-4-2-16(11-29)3-5-17/h2-5,9-10,12,18-19,32H,6-8,13-14H2,1H3/t18-,19-/m0/s1. The van der Waals surface area contributed by atoms with Crippen LogP contribution in [-0.2, 0) is 11.3 Å². The number of carbonyl (C=O) groups is 1. The number of hydrogen-bond acceptors (Lipinski definition) is 8. The lowest BCUT2D eigenvalue weighted by Crippen LogP contribution is -2.45. The number of cyclic esters (lactones) is 1. The number of aryl methyl sites for hydroxylation is 1. The number of hydrogen-bond donors (Lipinski definition) is 1. The van der Waals surface area contributed by atoms with E-state index < -0.39 is 5.13 Å². The summed E-state index contributed by atoms with van der Waals surface area (Å²) < 4.78 is 20.7. The third-order valence-corrected chi connectivity index (χ3v) is 7.94. The molecule has 2 saturated heterocycles. The van der Waals surface area contributed by atoms with E-state index in [1.807, 2.05) is 12.1 Å². The fraction of sp³-hybridized carbons (Fsp3) is 0.296. The van der Waals surface area contributed by atoms with Gasteiger partial charge in [0.2, 0.25) is 0 Å². The van der Waals surface area contributed by atoms with Gasteiger partial charge in [0.05, 0.1) is 41.3 Å². The maximum atomic E-state index is 13.9. The molecule has 6 rings (SSSR count). The van der Waals surface area contributed by atoms with Crippen molar-refractivity contribution < 1.29 is 13.9 Å². The number of carbonyl (C=O) groups excluding carboxylic acids is 1. The van der Waals surface area contributed by atoms with Crippen molar-refractivity contribution >= 4 is 34.0 Å². The number of amides is 1. The lowest BCUT2D eigenvalue weighted by Gasteiger charge is -2.33. The molecule has 1 N–H and O–H groups in total. The Labute approximate surface area is 221 Å². The van der Waals surface area contributed by atoms with Crippen LogP contribution in [0.2, 0.25) is 0 Å². The van der Waals surface area contributed by atoms with Gasteiger partial charge in [0.25, 0.3) is 5.56 Å². The Morgan fingerprint density at radius 1 is 1.26 bits per heavy atom. The number of rotatable bonds is 5. The highest BCUT2D eigenvalue weighted by molar-refractivity contribution is 7.13. The molecule has 192 valence electrons. The molecule has 4 heterocycles. The van der Waals surface area contributed by atoms with Gasteiger partial charge in [-0.1, -0.05) is 23.5 Å². The molecule has 2 aliphatic rings. The predicted molar refractivity (Wildman–Crippen MR) is 141 cm³/mol. The third kappa shape index (κ3) is 4.37. The van der Waals surface area contributed by atoms with Gasteiger partial charge >= 0.3 is 6.09 Å². The zero-order valence-electron chi connectivity index (χ0n) is 20.5. The van der Waals surface area contributed by atoms with Crippen LogP contribution in [-0.4, -0.2) is 50.8 Å². The molecule has 0 saturated carbocycles. The molecule has 2 fully saturated rings. The minimum atomic E-state index is -0.400. The molecule has 2 aromatic carbocycles. The number of nitrogens with one attached hydrogen (secondary N) is 1. The van der Waals surface area contributed by atoms with Crippen molar-refractivity contribution in [1.29, 1.82) is 5.26 Å². The zero-order valence-corrected chi connectivity index (χ0v) is 21.3. The normalized spacial score (nSPS) is 18.8. The van der Waals surface area contributed by atoms with E-state index in [1.165, 1.54) is 6.20 Å². The Balaban J connectivity index is 1.40. The van der Waals surface area contributed by atoms with Crippen LogP contribution >= 0.6 is 11.3 Å². The molecular formula is C27H23FN6O3S. The lowest BCUT2D eigenvalue weighted by atomic mass is 9.97. The van der Waals surface area contributed by atoms with Crippen molar-refractivity contribution in [3.8, 4) is 16.6 Å². The van der Waals surface area contributed by atoms with E-state index in [2.05, 4.69) is 16.4 Å². The maximum absolute atomic E-state index is 13.9. The summed E-state index contributed by atoms with van der Waals surface area (Å²) in [6.07, 6.45) is 2.32. The number of piperidine rings is 1. The Bertz CT molecular complexity index is 1660. The summed E-state index contributed by atoms with van der Waals surface area (Å²) in [4.78, 5) is 36.3. The summed E-state index contributed by atoms with van der Waals surface area (Å²) in [7, 11) is 0. The summed E-state index contributed by atoms with van der Waals surface area (Å²) in [5.41, 5.74) is 3.08. The molecule has 4 aromatic rings. The fourth-order valence-electron chi connectivity index (χ4n) is 5.16. The average Bonchev–Trinajstić information content (AvgIpc) is 3.52. The van der Waals surface area contributed by atoms with Crippen LogP contribution in [0, 0.1) is 23.4 Å². The van der Waals surface area contributed by atoms with Gasteiger partial charge in [0, 0.05) is 23.8 Å². The molecule has 0 aliphatic carbocycles. The first-order chi connectivity index (χ1) is 18.4. The van der Waals surface area contributed by atoms with Crippen molar-refractivity contribution in [2.75, 3.05) is 18.5 Å². The number of ether oxygens (including phenoxy) is 1. The molecule has 0 radical (unpaired) electrons. The summed E-state index contributed by atoms with van der Waals surface area (Å²) in [5, 5.41) is 13.1. The molecule has 1 amide bonds. The largest absolute Gasteiger partial charge is 0.447 e. The van der Waals surface area contributed by atoms with Crippen LogP contribution in [0.5, 0.6) is 0 Å². The van der Waals surface area contributed by atoms with Crippen molar-refractivity contribution in [3.05, 3.63) is 75.0 Å². The van der Waals surface area contributed by atoms with Crippen LogP contribution in [0.1, 0.15) is 29.8 Å². The van der Waals surface area contributed by atoms with E-state index in [4.69, 9.17) is 15.0 Å². The Morgan fingerprint density at radius 3 is 2.82 bits per heavy atom. The van der Waals surface area contributed by atoms with Gasteiger partial charge in [-0.05, 0) is 49.6 Å². The predicted octanol–water partition coefficient (Wildman–Crippen LogP) is 4.28. The zero-order chi connectivity index (χ0) is 26.4. The molecule has 2 atom stereocenters. The van der Waals surface area contributed by atoms with Crippen LogP contribution in [0.3, 0.4) is 0 Å². The number of nitriles is 1. The molecular weight excluding hydrogens is 507 g/mol. The second-order valence-corrected chi connectivity index (χ2v) is 10.5. The van der Waals surface area contributed by atoms with E-state index >= 15 is 0 Å². The Morgan fingerprint density at radius 2 is 2.08 bits per heavy atom. The summed E-state index contributed by atoms with van der Waals surface area (Å²) in [6.45, 7) is 3.03. The Kier molecular flexibility index (Phi) is 6.04. The minimum Gasteiger partial charge on any atom is -0.447 e. The van der Waals surface area contributed by atoms with Gasteiger partial charge in [0.1, 0.15) is 17.4 Å². The number of halogens is 1. The first kappa shape index (κ1) is 24.1. The number of anilines is 1. The van der Waals surface area contributed by atoms with E-state index in [9.17, 15) is 14.0 Å². The van der Waals surface area contributed by atoms with Crippen molar-refractivity contribution in [2.24, 2.45) is 0 Å². The molecule has 11 heteroatoms. The third-order valence-electron chi connectivity index (χ3n) is 7.13. The number of nitrogens with zero attached hydrogens (tertiary/aromatic N) is 5. The monoisotopic (exact) mass is 530 g/mol. The molecule has 38 heavy (non-hydrogen) atoms. The molecule has 9 nitrogen and oxygen atoms in total. The smallest absolute Gasteiger partial charge is 0.410 e. The van der Waals surface area contributed by atoms with E-state index in [0.29, 0.717) is 71.1 Å². The topological polar surface area (TPSA) is 113 Å². The van der Waals surface area contributed by atoms with Gasteiger partial charge < -0.3 is 15.0 Å². The van der Waals surface area contributed by atoms with Crippen LogP contribution < -0.4 is 10.9 Å². The minimum absolute atomic E-state index is 0.00364. The van der Waals surface area contributed by atoms with Crippen LogP contribution in [0.4, 0.5) is 14.9 Å². The maximum Gasteiger partial charge on any atom is 0.410 e. The average molecular weight is 531 g/mol. The second-order valence-electron chi connectivity index (χ2n) is 9.53. The van der Waals surface area contributed by atoms with Crippen LogP contribution in [0.15, 0.2) is 47.4 Å². The highest BCUT2D eigenvalue weighted by atomic mass is 32.1. The Hall–Kier alpha value is -4.30. The molecule has 0 bridgehead atoms. The molecule has 0 unspecified atom stereocenters. The summed E-state index contributed by atoms with van der Waals surface area (Å²) in [6, 6.07) is 12.8. The van der Waals surface area contributed by atoms with Gasteiger partial charge in [-0.2, -0.15) is 9.65 Å². The van der Waals surface area contributed by atoms with Crippen molar-refractivity contribution in [1.82, 2.24) is 19.4 Å². The van der Waals surface area contributed by atoms with Gasteiger partial charge in [-0.3, -0.25) is 9.36 Å². The molecule has 2 aliphatic heterocycles. The first-order valence-electron chi connectivity index (χ1n) is 12.3. The summed E-state index contributed by atoms with van der Waals surface area (Å²) >= 11 is 0.933. The van der Waals surface area contributed by atoms with Crippen molar-refractivity contribution in [3.63, 3.8) is 0 Å². The number of aromatic nitrogens is 3. The van der Waals surface area contributed by atoms with Crippen molar-refractivity contribution in [2.45, 2.75) is 38.4 Å². The number of thiazole rings is 1. The van der Waals surface area contributed by atoms with Crippen LogP contribution in [0.25, 0.3) is 21.5 Å². The quantitative estimate of drug-likeness (QED) is 0.410. The SMILES string of the molecule is Cc1nc2cc(-c3ncc(F)s3)c(N[C@H]3CCN4C(=O)OC[C@@H]4C3)cc2c(=O)n1Cc1ccc(C#N)cc1. The fourth-order valence-corrected chi connectivity index (χ4v) is 5.83.